The van der Waals surface area contributed by atoms with E-state index in [4.69, 9.17) is 10.5 Å². The van der Waals surface area contributed by atoms with Gasteiger partial charge in [0.15, 0.2) is 0 Å². The lowest BCUT2D eigenvalue weighted by atomic mass is 10.1. The molecular formula is C10H16N2O2. The number of aliphatic hydroxyl groups excluding tert-OH is 1. The monoisotopic (exact) mass is 196 g/mol. The zero-order valence-electron chi connectivity index (χ0n) is 8.53. The molecule has 0 aliphatic carbocycles. The lowest BCUT2D eigenvalue weighted by molar-refractivity contribution is 0.183. The number of nitrogens with zero attached hydrogens (tertiary/aromatic N) is 1. The Kier molecular flexibility index (Phi) is 3.85. The van der Waals surface area contributed by atoms with Crippen LogP contribution in [-0.2, 0) is 6.42 Å². The van der Waals surface area contributed by atoms with Crippen molar-refractivity contribution in [3.8, 4) is 5.88 Å². The average Bonchev–Trinajstić information content (AvgIpc) is 2.16. The van der Waals surface area contributed by atoms with Crippen LogP contribution >= 0.6 is 0 Å². The third-order valence-electron chi connectivity index (χ3n) is 1.94. The van der Waals surface area contributed by atoms with E-state index >= 15 is 0 Å². The van der Waals surface area contributed by atoms with Crippen LogP contribution in [0.3, 0.4) is 0 Å². The average molecular weight is 196 g/mol. The summed E-state index contributed by atoms with van der Waals surface area (Å²) in [6.07, 6.45) is 0.0393. The lowest BCUT2D eigenvalue weighted by Gasteiger charge is -2.09. The van der Waals surface area contributed by atoms with Gasteiger partial charge in [0.25, 0.3) is 0 Å². The molecule has 0 saturated heterocycles. The predicted molar refractivity (Wildman–Crippen MR) is 54.3 cm³/mol. The molecule has 3 N–H and O–H groups in total. The maximum absolute atomic E-state index is 9.38. The molecule has 1 rings (SSSR count). The number of aryl methyl sites for hydroxylation is 1. The first-order chi connectivity index (χ1) is 6.65. The molecule has 0 saturated carbocycles. The summed E-state index contributed by atoms with van der Waals surface area (Å²) in [5, 5.41) is 9.38. The van der Waals surface area contributed by atoms with Gasteiger partial charge in [0, 0.05) is 18.3 Å². The van der Waals surface area contributed by atoms with E-state index in [1.54, 1.807) is 7.11 Å². The lowest BCUT2D eigenvalue weighted by Crippen LogP contribution is -2.22. The van der Waals surface area contributed by atoms with Gasteiger partial charge in [-0.2, -0.15) is 0 Å². The van der Waals surface area contributed by atoms with Gasteiger partial charge in [0.05, 0.1) is 13.2 Å². The summed E-state index contributed by atoms with van der Waals surface area (Å²) in [6, 6.07) is 3.73. The predicted octanol–water partition coefficient (Wildman–Crippen LogP) is 0.261. The number of ether oxygens (including phenoxy) is 1. The first kappa shape index (κ1) is 10.9. The van der Waals surface area contributed by atoms with E-state index in [2.05, 4.69) is 4.98 Å². The van der Waals surface area contributed by atoms with Crippen molar-refractivity contribution in [2.24, 2.45) is 5.73 Å². The summed E-state index contributed by atoms with van der Waals surface area (Å²) >= 11 is 0. The first-order valence-electron chi connectivity index (χ1n) is 4.55. The van der Waals surface area contributed by atoms with Crippen molar-refractivity contribution in [1.29, 1.82) is 0 Å². The number of nitrogens with two attached hydrogens (primary N) is 1. The van der Waals surface area contributed by atoms with Crippen molar-refractivity contribution in [2.75, 3.05) is 13.7 Å². The number of aliphatic hydroxyl groups is 1. The van der Waals surface area contributed by atoms with Gasteiger partial charge in [0.2, 0.25) is 5.88 Å². The van der Waals surface area contributed by atoms with Crippen molar-refractivity contribution < 1.29 is 9.84 Å². The Morgan fingerprint density at radius 3 is 2.86 bits per heavy atom. The van der Waals surface area contributed by atoms with Crippen LogP contribution in [0.2, 0.25) is 0 Å². The van der Waals surface area contributed by atoms with Crippen LogP contribution in [0.25, 0.3) is 0 Å². The van der Waals surface area contributed by atoms with Gasteiger partial charge in [0.1, 0.15) is 0 Å². The fourth-order valence-electron chi connectivity index (χ4n) is 1.28. The highest BCUT2D eigenvalue weighted by molar-refractivity contribution is 5.25. The smallest absolute Gasteiger partial charge is 0.213 e. The van der Waals surface area contributed by atoms with Crippen LogP contribution in [0, 0.1) is 6.92 Å². The van der Waals surface area contributed by atoms with Crippen LogP contribution < -0.4 is 10.5 Å². The van der Waals surface area contributed by atoms with E-state index in [-0.39, 0.29) is 6.54 Å². The molecule has 1 unspecified atom stereocenters. The van der Waals surface area contributed by atoms with Crippen molar-refractivity contribution in [3.63, 3.8) is 0 Å². The van der Waals surface area contributed by atoms with Crippen LogP contribution in [-0.4, -0.2) is 29.8 Å². The van der Waals surface area contributed by atoms with Crippen molar-refractivity contribution in [3.05, 3.63) is 23.4 Å². The van der Waals surface area contributed by atoms with Gasteiger partial charge in [-0.15, -0.1) is 0 Å². The third-order valence-corrected chi connectivity index (χ3v) is 1.94. The van der Waals surface area contributed by atoms with Crippen molar-refractivity contribution in [1.82, 2.24) is 4.98 Å². The molecule has 0 radical (unpaired) electrons. The van der Waals surface area contributed by atoms with Gasteiger partial charge in [-0.1, -0.05) is 0 Å². The van der Waals surface area contributed by atoms with E-state index in [0.29, 0.717) is 12.3 Å². The normalized spacial score (nSPS) is 12.6. The molecule has 78 valence electrons. The third kappa shape index (κ3) is 2.97. The van der Waals surface area contributed by atoms with E-state index in [1.807, 2.05) is 19.1 Å². The minimum atomic E-state index is -0.499. The Bertz CT molecular complexity index is 302. The van der Waals surface area contributed by atoms with E-state index < -0.39 is 6.10 Å². The fraction of sp³-hybridized carbons (Fsp3) is 0.500. The topological polar surface area (TPSA) is 68.4 Å². The van der Waals surface area contributed by atoms with Crippen molar-refractivity contribution in [2.45, 2.75) is 19.4 Å². The zero-order chi connectivity index (χ0) is 10.6. The molecule has 1 aromatic rings. The molecule has 0 bridgehead atoms. The number of aromatic nitrogens is 1. The second-order valence-corrected chi connectivity index (χ2v) is 3.25. The standard InChI is InChI=1S/C10H16N2O2/c1-7-3-8(4-9(13)6-11)5-10(12-7)14-2/h3,5,9,13H,4,6,11H2,1-2H3. The van der Waals surface area contributed by atoms with E-state index in [1.165, 1.54) is 0 Å². The maximum Gasteiger partial charge on any atom is 0.213 e. The van der Waals surface area contributed by atoms with E-state index in [0.717, 1.165) is 11.3 Å². The fourth-order valence-corrected chi connectivity index (χ4v) is 1.28. The van der Waals surface area contributed by atoms with Crippen LogP contribution in [0.1, 0.15) is 11.3 Å². The number of rotatable bonds is 4. The number of pyridine rings is 1. The Morgan fingerprint density at radius 2 is 2.29 bits per heavy atom. The zero-order valence-corrected chi connectivity index (χ0v) is 8.53. The minimum absolute atomic E-state index is 0.268. The Balaban J connectivity index is 2.81. The van der Waals surface area contributed by atoms with Crippen LogP contribution in [0.5, 0.6) is 5.88 Å². The maximum atomic E-state index is 9.38. The summed E-state index contributed by atoms with van der Waals surface area (Å²) in [4.78, 5) is 4.15. The second kappa shape index (κ2) is 4.93. The summed E-state index contributed by atoms with van der Waals surface area (Å²) in [6.45, 7) is 2.16. The van der Waals surface area contributed by atoms with Crippen LogP contribution in [0.4, 0.5) is 0 Å². The number of methoxy groups -OCH3 is 1. The molecular weight excluding hydrogens is 180 g/mol. The van der Waals surface area contributed by atoms with Gasteiger partial charge >= 0.3 is 0 Å². The molecule has 1 atom stereocenters. The molecule has 0 aliphatic heterocycles. The van der Waals surface area contributed by atoms with Crippen molar-refractivity contribution >= 4 is 0 Å². The largest absolute Gasteiger partial charge is 0.481 e. The van der Waals surface area contributed by atoms with Gasteiger partial charge in [-0.05, 0) is 25.0 Å². The molecule has 0 fully saturated rings. The Morgan fingerprint density at radius 1 is 1.57 bits per heavy atom. The van der Waals surface area contributed by atoms with Gasteiger partial charge < -0.3 is 15.6 Å². The highest BCUT2D eigenvalue weighted by Crippen LogP contribution is 2.13. The first-order valence-corrected chi connectivity index (χ1v) is 4.55. The SMILES string of the molecule is COc1cc(CC(O)CN)cc(C)n1. The Hall–Kier alpha value is -1.13. The molecule has 0 aromatic carbocycles. The highest BCUT2D eigenvalue weighted by atomic mass is 16.5. The summed E-state index contributed by atoms with van der Waals surface area (Å²) in [5.74, 6) is 0.573. The van der Waals surface area contributed by atoms with Gasteiger partial charge in [-0.25, -0.2) is 4.98 Å². The Labute approximate surface area is 83.7 Å². The number of hydrogen-bond donors (Lipinski definition) is 2. The highest BCUT2D eigenvalue weighted by Gasteiger charge is 2.05. The summed E-state index contributed by atoms with van der Waals surface area (Å²) < 4.78 is 5.03. The van der Waals surface area contributed by atoms with Crippen LogP contribution in [0.15, 0.2) is 12.1 Å². The summed E-state index contributed by atoms with van der Waals surface area (Å²) in [5.41, 5.74) is 7.20. The second-order valence-electron chi connectivity index (χ2n) is 3.25. The molecule has 1 aromatic heterocycles. The molecule has 0 amide bonds. The van der Waals surface area contributed by atoms with E-state index in [9.17, 15) is 5.11 Å². The molecule has 4 heteroatoms. The molecule has 0 aliphatic rings. The molecule has 0 spiro atoms. The van der Waals surface area contributed by atoms with Gasteiger partial charge in [-0.3, -0.25) is 0 Å². The minimum Gasteiger partial charge on any atom is -0.481 e. The quantitative estimate of drug-likeness (QED) is 0.725. The molecule has 1 heterocycles. The number of hydrogen-bond acceptors (Lipinski definition) is 4. The molecule has 4 nitrogen and oxygen atoms in total. The molecule has 14 heavy (non-hydrogen) atoms. The summed E-state index contributed by atoms with van der Waals surface area (Å²) in [7, 11) is 1.57.